The van der Waals surface area contributed by atoms with Crippen molar-refractivity contribution in [3.63, 3.8) is 0 Å². The Hall–Kier alpha value is -1.51. The molecule has 0 bridgehead atoms. The Bertz CT molecular complexity index is 689. The van der Waals surface area contributed by atoms with Crippen molar-refractivity contribution in [2.75, 3.05) is 0 Å². The van der Waals surface area contributed by atoms with Crippen molar-refractivity contribution in [1.82, 2.24) is 9.61 Å². The molecule has 2 nitrogen and oxygen atoms in total. The van der Waals surface area contributed by atoms with Crippen LogP contribution in [0.15, 0.2) is 48.7 Å². The summed E-state index contributed by atoms with van der Waals surface area (Å²) in [5.74, 6) is 0. The highest BCUT2D eigenvalue weighted by Gasteiger charge is 2.04. The van der Waals surface area contributed by atoms with Crippen LogP contribution in [0.2, 0.25) is 10.0 Å². The molecule has 0 spiro atoms. The minimum atomic E-state index is 0.665. The first kappa shape index (κ1) is 10.6. The van der Waals surface area contributed by atoms with Crippen LogP contribution in [0.5, 0.6) is 0 Å². The standard InChI is InChI=1S/C13H8Cl2N2/c14-10-3-1-2-9(6-10)13-7-12-5-4-11(15)8-17(12)16-13/h1-8H. The lowest BCUT2D eigenvalue weighted by atomic mass is 10.1. The number of hydrogen-bond acceptors (Lipinski definition) is 1. The van der Waals surface area contributed by atoms with Crippen LogP contribution >= 0.6 is 23.2 Å². The fraction of sp³-hybridized carbons (Fsp3) is 0. The van der Waals surface area contributed by atoms with Gasteiger partial charge in [0.25, 0.3) is 0 Å². The monoisotopic (exact) mass is 262 g/mol. The number of halogens is 2. The first-order chi connectivity index (χ1) is 8.22. The second-order valence-corrected chi connectivity index (χ2v) is 4.63. The van der Waals surface area contributed by atoms with Crippen LogP contribution in [0.1, 0.15) is 0 Å². The Labute approximate surface area is 108 Å². The molecule has 3 aromatic rings. The summed E-state index contributed by atoms with van der Waals surface area (Å²) in [7, 11) is 0. The zero-order chi connectivity index (χ0) is 11.8. The molecule has 84 valence electrons. The average Bonchev–Trinajstić information content (AvgIpc) is 2.72. The van der Waals surface area contributed by atoms with Crippen molar-refractivity contribution in [2.24, 2.45) is 0 Å². The predicted octanol–water partition coefficient (Wildman–Crippen LogP) is 4.31. The van der Waals surface area contributed by atoms with Gasteiger partial charge in [-0.1, -0.05) is 35.3 Å². The van der Waals surface area contributed by atoms with Gasteiger partial charge < -0.3 is 0 Å². The minimum absolute atomic E-state index is 0.665. The molecule has 0 radical (unpaired) electrons. The maximum atomic E-state index is 5.96. The van der Waals surface area contributed by atoms with Gasteiger partial charge in [-0.25, -0.2) is 4.52 Å². The van der Waals surface area contributed by atoms with E-state index in [1.165, 1.54) is 0 Å². The molecular weight excluding hydrogens is 255 g/mol. The van der Waals surface area contributed by atoms with Crippen LogP contribution < -0.4 is 0 Å². The molecule has 0 unspecified atom stereocenters. The Morgan fingerprint density at radius 2 is 1.82 bits per heavy atom. The van der Waals surface area contributed by atoms with Gasteiger partial charge in [-0.15, -0.1) is 0 Å². The van der Waals surface area contributed by atoms with E-state index in [2.05, 4.69) is 5.10 Å². The van der Waals surface area contributed by atoms with E-state index >= 15 is 0 Å². The first-order valence-corrected chi connectivity index (χ1v) is 5.89. The highest BCUT2D eigenvalue weighted by molar-refractivity contribution is 6.31. The van der Waals surface area contributed by atoms with Crippen molar-refractivity contribution in [3.8, 4) is 11.3 Å². The second kappa shape index (κ2) is 4.06. The summed E-state index contributed by atoms with van der Waals surface area (Å²) < 4.78 is 1.76. The van der Waals surface area contributed by atoms with Gasteiger partial charge in [-0.05, 0) is 30.3 Å². The maximum Gasteiger partial charge on any atom is 0.0934 e. The Morgan fingerprint density at radius 1 is 0.941 bits per heavy atom. The molecule has 0 saturated heterocycles. The molecule has 0 N–H and O–H groups in total. The van der Waals surface area contributed by atoms with Crippen LogP contribution in [0.4, 0.5) is 0 Å². The zero-order valence-corrected chi connectivity index (χ0v) is 10.3. The molecule has 17 heavy (non-hydrogen) atoms. The molecule has 0 atom stereocenters. The Morgan fingerprint density at radius 3 is 2.65 bits per heavy atom. The number of rotatable bonds is 1. The van der Waals surface area contributed by atoms with E-state index in [-0.39, 0.29) is 0 Å². The summed E-state index contributed by atoms with van der Waals surface area (Å²) >= 11 is 11.9. The third-order valence-electron chi connectivity index (χ3n) is 2.54. The molecule has 2 aromatic heterocycles. The average molecular weight is 263 g/mol. The summed E-state index contributed by atoms with van der Waals surface area (Å²) in [6.07, 6.45) is 1.78. The largest absolute Gasteiger partial charge is 0.239 e. The fourth-order valence-electron chi connectivity index (χ4n) is 1.75. The number of fused-ring (bicyclic) bond motifs is 1. The van der Waals surface area contributed by atoms with Crippen molar-refractivity contribution < 1.29 is 0 Å². The van der Waals surface area contributed by atoms with Crippen molar-refractivity contribution in [3.05, 3.63) is 58.7 Å². The minimum Gasteiger partial charge on any atom is -0.239 e. The van der Waals surface area contributed by atoms with E-state index in [0.29, 0.717) is 10.0 Å². The van der Waals surface area contributed by atoms with Crippen LogP contribution in [0.25, 0.3) is 16.8 Å². The van der Waals surface area contributed by atoms with E-state index in [9.17, 15) is 0 Å². The van der Waals surface area contributed by atoms with Crippen LogP contribution in [0, 0.1) is 0 Å². The predicted molar refractivity (Wildman–Crippen MR) is 70.6 cm³/mol. The smallest absolute Gasteiger partial charge is 0.0934 e. The molecule has 0 aliphatic heterocycles. The SMILES string of the molecule is Clc1cccc(-c2cc3ccc(Cl)cn3n2)c1. The van der Waals surface area contributed by atoms with Crippen molar-refractivity contribution in [1.29, 1.82) is 0 Å². The Balaban J connectivity index is 2.18. The molecule has 0 aliphatic rings. The Kier molecular flexibility index (Phi) is 2.54. The molecule has 3 rings (SSSR count). The fourth-order valence-corrected chi connectivity index (χ4v) is 2.10. The lowest BCUT2D eigenvalue weighted by molar-refractivity contribution is 0.966. The third kappa shape index (κ3) is 2.02. The van der Waals surface area contributed by atoms with E-state index in [1.807, 2.05) is 42.5 Å². The summed E-state index contributed by atoms with van der Waals surface area (Å²) in [4.78, 5) is 0. The van der Waals surface area contributed by atoms with Gasteiger partial charge >= 0.3 is 0 Å². The van der Waals surface area contributed by atoms with E-state index < -0.39 is 0 Å². The maximum absolute atomic E-state index is 5.96. The highest BCUT2D eigenvalue weighted by atomic mass is 35.5. The summed E-state index contributed by atoms with van der Waals surface area (Å²) in [6, 6.07) is 13.4. The molecule has 4 heteroatoms. The number of nitrogens with zero attached hydrogens (tertiary/aromatic N) is 2. The molecule has 0 amide bonds. The summed E-state index contributed by atoms with van der Waals surface area (Å²) in [5.41, 5.74) is 2.89. The van der Waals surface area contributed by atoms with Crippen LogP contribution in [-0.4, -0.2) is 9.61 Å². The summed E-state index contributed by atoms with van der Waals surface area (Å²) in [5, 5.41) is 5.83. The van der Waals surface area contributed by atoms with Crippen molar-refractivity contribution >= 4 is 28.7 Å². The zero-order valence-electron chi connectivity index (χ0n) is 8.77. The van der Waals surface area contributed by atoms with Gasteiger partial charge in [0.1, 0.15) is 0 Å². The van der Waals surface area contributed by atoms with Gasteiger partial charge in [-0.3, -0.25) is 0 Å². The molecular formula is C13H8Cl2N2. The normalized spacial score (nSPS) is 10.9. The van der Waals surface area contributed by atoms with E-state index in [0.717, 1.165) is 16.8 Å². The van der Waals surface area contributed by atoms with Gasteiger partial charge in [0.15, 0.2) is 0 Å². The molecule has 1 aromatic carbocycles. The topological polar surface area (TPSA) is 17.3 Å². The molecule has 0 fully saturated rings. The van der Waals surface area contributed by atoms with Crippen LogP contribution in [-0.2, 0) is 0 Å². The van der Waals surface area contributed by atoms with Crippen molar-refractivity contribution in [2.45, 2.75) is 0 Å². The van der Waals surface area contributed by atoms with Gasteiger partial charge in [0.05, 0.1) is 16.2 Å². The highest BCUT2D eigenvalue weighted by Crippen LogP contribution is 2.23. The van der Waals surface area contributed by atoms with Crippen LogP contribution in [0.3, 0.4) is 0 Å². The number of pyridine rings is 1. The number of hydrogen-bond donors (Lipinski definition) is 0. The summed E-state index contributed by atoms with van der Waals surface area (Å²) in [6.45, 7) is 0. The number of aromatic nitrogens is 2. The van der Waals surface area contributed by atoms with Gasteiger partial charge in [0.2, 0.25) is 0 Å². The van der Waals surface area contributed by atoms with Gasteiger partial charge in [-0.2, -0.15) is 5.10 Å². The molecule has 2 heterocycles. The number of benzene rings is 1. The second-order valence-electron chi connectivity index (χ2n) is 3.76. The third-order valence-corrected chi connectivity index (χ3v) is 3.00. The van der Waals surface area contributed by atoms with E-state index in [1.54, 1.807) is 10.7 Å². The quantitative estimate of drug-likeness (QED) is 0.639. The lowest BCUT2D eigenvalue weighted by Crippen LogP contribution is -1.86. The lowest BCUT2D eigenvalue weighted by Gasteiger charge is -1.96. The molecule has 0 aliphatic carbocycles. The van der Waals surface area contributed by atoms with E-state index in [4.69, 9.17) is 23.2 Å². The molecule has 0 saturated carbocycles. The first-order valence-electron chi connectivity index (χ1n) is 5.13. The van der Waals surface area contributed by atoms with Gasteiger partial charge in [0, 0.05) is 16.8 Å².